The fourth-order valence-corrected chi connectivity index (χ4v) is 4.91. The quantitative estimate of drug-likeness (QED) is 0.424. The van der Waals surface area contributed by atoms with E-state index in [-0.39, 0.29) is 18.6 Å². The number of fused-ring (bicyclic) bond motifs is 2. The van der Waals surface area contributed by atoms with Gasteiger partial charge in [-0.2, -0.15) is 4.98 Å². The summed E-state index contributed by atoms with van der Waals surface area (Å²) in [6.45, 7) is 2.52. The summed E-state index contributed by atoms with van der Waals surface area (Å²) in [5, 5.41) is 32.6. The maximum absolute atomic E-state index is 13.4. The Balaban J connectivity index is 1.46. The molecular formula is C21H26N6O4. The minimum absolute atomic E-state index is 0.170. The van der Waals surface area contributed by atoms with Crippen LogP contribution >= 0.6 is 0 Å². The van der Waals surface area contributed by atoms with E-state index in [9.17, 15) is 15.1 Å². The number of anilines is 3. The Morgan fingerprint density at radius 2 is 2.00 bits per heavy atom. The van der Waals surface area contributed by atoms with Crippen molar-refractivity contribution < 1.29 is 19.4 Å². The van der Waals surface area contributed by atoms with Gasteiger partial charge in [0.1, 0.15) is 23.4 Å². The Morgan fingerprint density at radius 3 is 2.74 bits per heavy atom. The van der Waals surface area contributed by atoms with Crippen LogP contribution in [0.3, 0.4) is 0 Å². The Hall–Kier alpha value is -2.98. The van der Waals surface area contributed by atoms with Crippen LogP contribution in [0, 0.1) is 12.1 Å². The van der Waals surface area contributed by atoms with Crippen LogP contribution in [0.1, 0.15) is 53.7 Å². The minimum Gasteiger partial charge on any atom is -0.710 e. The zero-order valence-electron chi connectivity index (χ0n) is 17.4. The molecule has 0 radical (unpaired) electrons. The fourth-order valence-electron chi connectivity index (χ4n) is 4.91. The molecule has 1 saturated heterocycles. The molecule has 10 nitrogen and oxygen atoms in total. The number of ether oxygens (including phenoxy) is 1. The van der Waals surface area contributed by atoms with E-state index in [1.807, 2.05) is 6.92 Å². The first kappa shape index (κ1) is 20.0. The average molecular weight is 426 g/mol. The van der Waals surface area contributed by atoms with E-state index < -0.39 is 11.6 Å². The van der Waals surface area contributed by atoms with Crippen molar-refractivity contribution in [1.82, 2.24) is 15.3 Å². The Bertz CT molecular complexity index is 1020. The predicted octanol–water partition coefficient (Wildman–Crippen LogP) is 1.24. The van der Waals surface area contributed by atoms with Gasteiger partial charge in [-0.1, -0.05) is 19.3 Å². The molecule has 0 aromatic carbocycles. The van der Waals surface area contributed by atoms with Gasteiger partial charge in [-0.25, -0.2) is 15.0 Å². The molecule has 2 atom stereocenters. The summed E-state index contributed by atoms with van der Waals surface area (Å²) in [5.41, 5.74) is 1.16. The van der Waals surface area contributed by atoms with E-state index in [0.717, 1.165) is 42.4 Å². The molecule has 5 rings (SSSR count). The number of carbonyl (C=O) groups excluding carboxylic acids is 1. The Kier molecular flexibility index (Phi) is 4.90. The van der Waals surface area contributed by atoms with Gasteiger partial charge in [0, 0.05) is 12.1 Å². The molecule has 4 heterocycles. The van der Waals surface area contributed by atoms with E-state index in [4.69, 9.17) is 4.74 Å². The summed E-state index contributed by atoms with van der Waals surface area (Å²) in [6, 6.07) is 3.10. The van der Waals surface area contributed by atoms with Crippen LogP contribution in [-0.2, 0) is 10.3 Å². The van der Waals surface area contributed by atoms with Gasteiger partial charge < -0.3 is 25.7 Å². The minimum atomic E-state index is -0.605. The van der Waals surface area contributed by atoms with E-state index in [1.54, 1.807) is 12.1 Å². The molecule has 164 valence electrons. The van der Waals surface area contributed by atoms with Crippen LogP contribution in [0.5, 0.6) is 0 Å². The number of hydrogen-bond acceptors (Lipinski definition) is 8. The highest BCUT2D eigenvalue weighted by Crippen LogP contribution is 2.42. The third kappa shape index (κ3) is 3.45. The van der Waals surface area contributed by atoms with E-state index in [2.05, 4.69) is 25.9 Å². The third-order valence-electron chi connectivity index (χ3n) is 6.45. The number of hydrogen-bond donors (Lipinski definition) is 4. The van der Waals surface area contributed by atoms with E-state index >= 15 is 0 Å². The number of aryl methyl sites for hydroxylation is 1. The summed E-state index contributed by atoms with van der Waals surface area (Å²) in [5.74, 6) is 1.09. The number of aliphatic hydroxyl groups excluding tert-OH is 1. The molecular weight excluding hydrogens is 400 g/mol. The van der Waals surface area contributed by atoms with Crippen molar-refractivity contribution in [2.75, 3.05) is 23.8 Å². The van der Waals surface area contributed by atoms with Crippen molar-refractivity contribution in [1.29, 1.82) is 0 Å². The molecule has 3 aliphatic rings. The number of aliphatic hydroxyl groups is 1. The lowest BCUT2D eigenvalue weighted by atomic mass is 9.79. The van der Waals surface area contributed by atoms with Gasteiger partial charge in [0.2, 0.25) is 5.82 Å². The zero-order chi connectivity index (χ0) is 21.6. The van der Waals surface area contributed by atoms with E-state index in [0.29, 0.717) is 35.3 Å². The van der Waals surface area contributed by atoms with Gasteiger partial charge in [-0.3, -0.25) is 4.79 Å². The zero-order valence-corrected chi connectivity index (χ0v) is 17.4. The second kappa shape index (κ2) is 7.61. The standard InChI is InChI=1S/C21H26N6O4/c1-12-7-17(25-16-8-15(22-11-23-16)24-13-9-31-10-14(13)28)27(30)19-18(12)20(29)26-21(19)5-3-2-4-6-21/h7-8,11,13-14,28H,2-6,9-10H2,1H3,(H,26,29)(H2,22,23,24,25)/t13-,14-/m1/s1. The number of nitrogens with zero attached hydrogens (tertiary/aromatic N) is 3. The second-order valence-corrected chi connectivity index (χ2v) is 8.60. The number of pyridine rings is 1. The highest BCUT2D eigenvalue weighted by molar-refractivity contribution is 6.00. The van der Waals surface area contributed by atoms with Gasteiger partial charge >= 0.3 is 0 Å². The van der Waals surface area contributed by atoms with Gasteiger partial charge in [0.15, 0.2) is 0 Å². The summed E-state index contributed by atoms with van der Waals surface area (Å²) >= 11 is 0. The van der Waals surface area contributed by atoms with Crippen molar-refractivity contribution in [3.05, 3.63) is 40.5 Å². The average Bonchev–Trinajstić information content (AvgIpc) is 3.27. The molecule has 1 spiro atoms. The summed E-state index contributed by atoms with van der Waals surface area (Å²) in [4.78, 5) is 21.1. The summed E-state index contributed by atoms with van der Waals surface area (Å²) in [6.07, 6.45) is 5.39. The van der Waals surface area contributed by atoms with Crippen molar-refractivity contribution in [3.63, 3.8) is 0 Å². The van der Waals surface area contributed by atoms with Crippen LogP contribution < -0.4 is 20.7 Å². The van der Waals surface area contributed by atoms with Gasteiger partial charge in [0.25, 0.3) is 11.7 Å². The third-order valence-corrected chi connectivity index (χ3v) is 6.45. The van der Waals surface area contributed by atoms with Gasteiger partial charge in [-0.15, -0.1) is 0 Å². The van der Waals surface area contributed by atoms with Crippen molar-refractivity contribution in [3.8, 4) is 0 Å². The maximum Gasteiger partial charge on any atom is 0.284 e. The highest BCUT2D eigenvalue weighted by Gasteiger charge is 2.48. The van der Waals surface area contributed by atoms with Gasteiger partial charge in [0.05, 0.1) is 30.9 Å². The molecule has 1 aliphatic carbocycles. The molecule has 0 bridgehead atoms. The van der Waals surface area contributed by atoms with Crippen LogP contribution in [0.2, 0.25) is 0 Å². The molecule has 1 amide bonds. The van der Waals surface area contributed by atoms with E-state index in [1.165, 1.54) is 6.33 Å². The van der Waals surface area contributed by atoms with Crippen molar-refractivity contribution >= 4 is 23.4 Å². The molecule has 4 N–H and O–H groups in total. The maximum atomic E-state index is 13.4. The largest absolute Gasteiger partial charge is 0.710 e. The predicted molar refractivity (Wildman–Crippen MR) is 112 cm³/mol. The summed E-state index contributed by atoms with van der Waals surface area (Å²) < 4.78 is 6.10. The van der Waals surface area contributed by atoms with Crippen LogP contribution in [0.4, 0.5) is 17.5 Å². The number of carbonyl (C=O) groups is 1. The monoisotopic (exact) mass is 426 g/mol. The Labute approximate surface area is 179 Å². The number of aromatic nitrogens is 3. The number of amides is 1. The molecule has 1 saturated carbocycles. The first-order chi connectivity index (χ1) is 15.0. The molecule has 31 heavy (non-hydrogen) atoms. The van der Waals surface area contributed by atoms with Crippen LogP contribution in [0.25, 0.3) is 0 Å². The molecule has 0 unspecified atom stereocenters. The van der Waals surface area contributed by atoms with Crippen LogP contribution in [0.15, 0.2) is 18.5 Å². The first-order valence-electron chi connectivity index (χ1n) is 10.7. The lowest BCUT2D eigenvalue weighted by Crippen LogP contribution is -2.49. The summed E-state index contributed by atoms with van der Waals surface area (Å²) in [7, 11) is 0. The fraction of sp³-hybridized carbons (Fsp3) is 0.524. The SMILES string of the molecule is Cc1cc(Nc2cc(N[C@@H]3COC[C@H]3O)ncn2)[n+]([O-])c2c1C(=O)NC21CCCCC1. The molecule has 2 aliphatic heterocycles. The topological polar surface area (TPSA) is 135 Å². The lowest BCUT2D eigenvalue weighted by Gasteiger charge is -2.34. The number of nitrogens with one attached hydrogen (secondary N) is 3. The molecule has 2 aromatic rings. The molecule has 2 aromatic heterocycles. The molecule has 2 fully saturated rings. The van der Waals surface area contributed by atoms with Crippen molar-refractivity contribution in [2.45, 2.75) is 56.7 Å². The number of rotatable bonds is 4. The lowest BCUT2D eigenvalue weighted by molar-refractivity contribution is -0.603. The smallest absolute Gasteiger partial charge is 0.284 e. The molecule has 10 heteroatoms. The van der Waals surface area contributed by atoms with Gasteiger partial charge in [-0.05, 0) is 25.3 Å². The second-order valence-electron chi connectivity index (χ2n) is 8.60. The first-order valence-corrected chi connectivity index (χ1v) is 10.7. The Morgan fingerprint density at radius 1 is 1.23 bits per heavy atom. The normalized spacial score (nSPS) is 24.1. The highest BCUT2D eigenvalue weighted by atomic mass is 16.5. The van der Waals surface area contributed by atoms with Crippen LogP contribution in [-0.4, -0.2) is 46.3 Å². The van der Waals surface area contributed by atoms with Crippen molar-refractivity contribution in [2.24, 2.45) is 0 Å².